The van der Waals surface area contributed by atoms with Crippen LogP contribution < -0.4 is 5.73 Å². The van der Waals surface area contributed by atoms with Gasteiger partial charge in [-0.2, -0.15) is 0 Å². The molecule has 0 bridgehead atoms. The van der Waals surface area contributed by atoms with Crippen molar-refractivity contribution in [1.29, 1.82) is 0 Å². The van der Waals surface area contributed by atoms with Crippen LogP contribution in [-0.4, -0.2) is 17.3 Å². The molecule has 3 heteroatoms. The van der Waals surface area contributed by atoms with E-state index in [0.29, 0.717) is 18.8 Å². The summed E-state index contributed by atoms with van der Waals surface area (Å²) in [6.45, 7) is 0.738. The maximum absolute atomic E-state index is 8.95. The van der Waals surface area contributed by atoms with E-state index in [1.807, 2.05) is 24.3 Å². The summed E-state index contributed by atoms with van der Waals surface area (Å²) in [7, 11) is 0. The first-order chi connectivity index (χ1) is 8.28. The summed E-state index contributed by atoms with van der Waals surface area (Å²) in [6, 6.07) is 8.20. The molecule has 2 unspecified atom stereocenters. The molecule has 0 radical (unpaired) electrons. The Morgan fingerprint density at radius 2 is 1.88 bits per heavy atom. The molecule has 1 aliphatic carbocycles. The van der Waals surface area contributed by atoms with Gasteiger partial charge >= 0.3 is 0 Å². The topological polar surface area (TPSA) is 55.5 Å². The van der Waals surface area contributed by atoms with Gasteiger partial charge in [0.2, 0.25) is 0 Å². The van der Waals surface area contributed by atoms with E-state index in [9.17, 15) is 0 Å². The summed E-state index contributed by atoms with van der Waals surface area (Å²) in [4.78, 5) is 0. The highest BCUT2D eigenvalue weighted by Crippen LogP contribution is 2.21. The number of hydrogen-bond acceptors (Lipinski definition) is 3. The molecule has 1 aromatic rings. The Hall–Kier alpha value is -0.900. The van der Waals surface area contributed by atoms with Crippen molar-refractivity contribution in [2.75, 3.05) is 0 Å². The van der Waals surface area contributed by atoms with E-state index in [1.54, 1.807) is 0 Å². The van der Waals surface area contributed by atoms with Gasteiger partial charge in [0.15, 0.2) is 0 Å². The molecule has 0 amide bonds. The molecule has 0 saturated heterocycles. The van der Waals surface area contributed by atoms with Crippen LogP contribution in [0.1, 0.15) is 36.8 Å². The van der Waals surface area contributed by atoms with Gasteiger partial charge in [-0.3, -0.25) is 0 Å². The molecule has 0 aliphatic heterocycles. The van der Waals surface area contributed by atoms with E-state index in [4.69, 9.17) is 15.6 Å². The van der Waals surface area contributed by atoms with E-state index in [1.165, 1.54) is 6.42 Å². The first-order valence-corrected chi connectivity index (χ1v) is 6.34. The lowest BCUT2D eigenvalue weighted by Crippen LogP contribution is -2.32. The molecule has 3 N–H and O–H groups in total. The fraction of sp³-hybridized carbons (Fsp3) is 0.571. The smallest absolute Gasteiger partial charge is 0.0720 e. The molecule has 17 heavy (non-hydrogen) atoms. The summed E-state index contributed by atoms with van der Waals surface area (Å²) in [5.41, 5.74) is 8.02. The van der Waals surface area contributed by atoms with Gasteiger partial charge in [0.05, 0.1) is 19.3 Å². The molecular formula is C14H21NO2. The Bertz CT molecular complexity index is 337. The Morgan fingerprint density at radius 1 is 1.18 bits per heavy atom. The summed E-state index contributed by atoms with van der Waals surface area (Å²) in [5.74, 6) is 0. The lowest BCUT2D eigenvalue weighted by molar-refractivity contribution is 0.0122. The molecule has 94 valence electrons. The van der Waals surface area contributed by atoms with Crippen molar-refractivity contribution in [1.82, 2.24) is 0 Å². The monoisotopic (exact) mass is 235 g/mol. The highest BCUT2D eigenvalue weighted by atomic mass is 16.5. The summed E-state index contributed by atoms with van der Waals surface area (Å²) < 4.78 is 5.87. The van der Waals surface area contributed by atoms with E-state index in [-0.39, 0.29) is 6.61 Å². The number of ether oxygens (including phenoxy) is 1. The number of aliphatic hydroxyl groups is 1. The largest absolute Gasteiger partial charge is 0.392 e. The predicted molar refractivity (Wildman–Crippen MR) is 67.4 cm³/mol. The molecule has 1 aliphatic rings. The van der Waals surface area contributed by atoms with Crippen molar-refractivity contribution >= 4 is 0 Å². The Morgan fingerprint density at radius 3 is 2.53 bits per heavy atom. The molecule has 1 saturated carbocycles. The number of nitrogens with two attached hydrogens (primary N) is 1. The number of rotatable bonds is 4. The fourth-order valence-corrected chi connectivity index (χ4v) is 2.29. The van der Waals surface area contributed by atoms with Crippen LogP contribution in [0, 0.1) is 0 Å². The van der Waals surface area contributed by atoms with Crippen molar-refractivity contribution in [3.63, 3.8) is 0 Å². The third-order valence-electron chi connectivity index (χ3n) is 3.36. The Kier molecular flexibility index (Phi) is 4.54. The van der Waals surface area contributed by atoms with Crippen molar-refractivity contribution in [2.24, 2.45) is 5.73 Å². The van der Waals surface area contributed by atoms with Crippen LogP contribution in [0.25, 0.3) is 0 Å². The number of hydrogen-bond donors (Lipinski definition) is 2. The average molecular weight is 235 g/mol. The lowest BCUT2D eigenvalue weighted by Gasteiger charge is -2.26. The van der Waals surface area contributed by atoms with Crippen LogP contribution in [0.5, 0.6) is 0 Å². The molecule has 2 rings (SSSR count). The predicted octanol–water partition coefficient (Wildman–Crippen LogP) is 1.97. The van der Waals surface area contributed by atoms with Crippen molar-refractivity contribution < 1.29 is 9.84 Å². The quantitative estimate of drug-likeness (QED) is 0.839. The molecule has 0 heterocycles. The summed E-state index contributed by atoms with van der Waals surface area (Å²) in [5, 5.41) is 8.95. The first kappa shape index (κ1) is 12.6. The zero-order valence-electron chi connectivity index (χ0n) is 10.1. The van der Waals surface area contributed by atoms with Crippen LogP contribution in [0.15, 0.2) is 24.3 Å². The minimum Gasteiger partial charge on any atom is -0.392 e. The van der Waals surface area contributed by atoms with Crippen LogP contribution in [0.2, 0.25) is 0 Å². The summed E-state index contributed by atoms with van der Waals surface area (Å²) in [6.07, 6.45) is 4.73. The summed E-state index contributed by atoms with van der Waals surface area (Å²) >= 11 is 0. The molecule has 3 nitrogen and oxygen atoms in total. The minimum atomic E-state index is 0.0958. The normalized spacial score (nSPS) is 24.8. The maximum Gasteiger partial charge on any atom is 0.0720 e. The molecule has 0 aromatic heterocycles. The van der Waals surface area contributed by atoms with Gasteiger partial charge in [-0.15, -0.1) is 0 Å². The third-order valence-corrected chi connectivity index (χ3v) is 3.36. The van der Waals surface area contributed by atoms with E-state index in [2.05, 4.69) is 0 Å². The average Bonchev–Trinajstić information content (AvgIpc) is 2.37. The highest BCUT2D eigenvalue weighted by Gasteiger charge is 2.19. The Labute approximate surface area is 103 Å². The van der Waals surface area contributed by atoms with Gasteiger partial charge in [-0.1, -0.05) is 24.3 Å². The number of benzene rings is 1. The third kappa shape index (κ3) is 3.80. The first-order valence-electron chi connectivity index (χ1n) is 6.34. The van der Waals surface area contributed by atoms with E-state index in [0.717, 1.165) is 30.4 Å². The van der Waals surface area contributed by atoms with E-state index < -0.39 is 0 Å². The molecule has 1 aromatic carbocycles. The molecular weight excluding hydrogens is 214 g/mol. The van der Waals surface area contributed by atoms with Crippen molar-refractivity contribution in [3.05, 3.63) is 35.4 Å². The molecule has 1 fully saturated rings. The number of aliphatic hydroxyl groups excluding tert-OH is 1. The van der Waals surface area contributed by atoms with Crippen molar-refractivity contribution in [3.8, 4) is 0 Å². The van der Waals surface area contributed by atoms with Crippen LogP contribution in [0.3, 0.4) is 0 Å². The second-order valence-corrected chi connectivity index (χ2v) is 4.83. The minimum absolute atomic E-state index is 0.0958. The van der Waals surface area contributed by atoms with Crippen molar-refractivity contribution in [2.45, 2.75) is 51.0 Å². The second kappa shape index (κ2) is 6.15. The standard InChI is InChI=1S/C14H21NO2/c15-13-2-1-3-14(8-13)17-10-12-6-4-11(9-16)5-7-12/h4-7,13-14,16H,1-3,8-10,15H2. The highest BCUT2D eigenvalue weighted by molar-refractivity contribution is 5.21. The SMILES string of the molecule is NC1CCCC(OCc2ccc(CO)cc2)C1. The van der Waals surface area contributed by atoms with Crippen LogP contribution in [0.4, 0.5) is 0 Å². The van der Waals surface area contributed by atoms with Gasteiger partial charge in [-0.05, 0) is 36.8 Å². The zero-order valence-corrected chi connectivity index (χ0v) is 10.1. The second-order valence-electron chi connectivity index (χ2n) is 4.83. The molecule has 0 spiro atoms. The zero-order chi connectivity index (χ0) is 12.1. The maximum atomic E-state index is 8.95. The van der Waals surface area contributed by atoms with Crippen LogP contribution >= 0.6 is 0 Å². The van der Waals surface area contributed by atoms with Gasteiger partial charge < -0.3 is 15.6 Å². The van der Waals surface area contributed by atoms with Gasteiger partial charge in [0.25, 0.3) is 0 Å². The fourth-order valence-electron chi connectivity index (χ4n) is 2.29. The van der Waals surface area contributed by atoms with Gasteiger partial charge in [-0.25, -0.2) is 0 Å². The van der Waals surface area contributed by atoms with Crippen LogP contribution in [-0.2, 0) is 18.0 Å². The Balaban J connectivity index is 1.80. The van der Waals surface area contributed by atoms with Gasteiger partial charge in [0, 0.05) is 6.04 Å². The van der Waals surface area contributed by atoms with E-state index >= 15 is 0 Å². The molecule has 2 atom stereocenters. The lowest BCUT2D eigenvalue weighted by atomic mass is 9.93. The van der Waals surface area contributed by atoms with Gasteiger partial charge in [0.1, 0.15) is 0 Å².